The van der Waals surface area contributed by atoms with Crippen molar-refractivity contribution in [1.82, 2.24) is 15.6 Å². The number of hydrogen-bond acceptors (Lipinski definition) is 4. The molecule has 1 aromatic carbocycles. The molecule has 1 fully saturated rings. The Morgan fingerprint density at radius 2 is 1.96 bits per heavy atom. The highest BCUT2D eigenvalue weighted by molar-refractivity contribution is 14.0. The first-order valence-electron chi connectivity index (χ1n) is 8.74. The fourth-order valence-electron chi connectivity index (χ4n) is 2.46. The van der Waals surface area contributed by atoms with Gasteiger partial charge in [-0.1, -0.05) is 18.2 Å². The number of rotatable bonds is 7. The Kier molecular flexibility index (Phi) is 7.74. The van der Waals surface area contributed by atoms with Crippen LogP contribution in [0.15, 0.2) is 33.7 Å². The monoisotopic (exact) mass is 470 g/mol. The first-order chi connectivity index (χ1) is 12.2. The Labute approximate surface area is 171 Å². The van der Waals surface area contributed by atoms with Gasteiger partial charge in [-0.05, 0) is 38.7 Å². The fraction of sp³-hybridized carbons (Fsp3) is 0.474. The van der Waals surface area contributed by atoms with Gasteiger partial charge >= 0.3 is 0 Å². The van der Waals surface area contributed by atoms with E-state index in [0.717, 1.165) is 35.3 Å². The highest BCUT2D eigenvalue weighted by Crippen LogP contribution is 2.30. The van der Waals surface area contributed by atoms with E-state index in [1.165, 1.54) is 12.8 Å². The van der Waals surface area contributed by atoms with E-state index in [-0.39, 0.29) is 24.0 Å². The number of benzene rings is 1. The number of nitrogens with zero attached hydrogens (tertiary/aromatic N) is 2. The van der Waals surface area contributed by atoms with Gasteiger partial charge in [-0.25, -0.2) is 4.98 Å². The third kappa shape index (κ3) is 5.89. The molecule has 6 nitrogen and oxygen atoms in total. The van der Waals surface area contributed by atoms with Gasteiger partial charge in [0.2, 0.25) is 5.89 Å². The van der Waals surface area contributed by atoms with E-state index in [0.29, 0.717) is 24.9 Å². The van der Waals surface area contributed by atoms with E-state index in [4.69, 9.17) is 9.15 Å². The molecule has 0 saturated heterocycles. The normalized spacial score (nSPS) is 13.9. The SMILES string of the molecule is CN=C(NCc1nc(C)c(C)o1)NCc1ccccc1OCC1CC1.I. The third-order valence-electron chi connectivity index (χ3n) is 4.29. The number of ether oxygens (including phenoxy) is 1. The molecule has 1 aliphatic rings. The standard InChI is InChI=1S/C19H26N4O2.HI/c1-13-14(2)25-18(23-13)11-22-19(20-3)21-10-16-6-4-5-7-17(16)24-12-15-8-9-15;/h4-7,15H,8-12H2,1-3H3,(H2,20,21,22);1H. The molecule has 1 aliphatic carbocycles. The van der Waals surface area contributed by atoms with Gasteiger partial charge in [0, 0.05) is 19.2 Å². The minimum absolute atomic E-state index is 0. The minimum Gasteiger partial charge on any atom is -0.493 e. The molecule has 0 radical (unpaired) electrons. The lowest BCUT2D eigenvalue weighted by molar-refractivity contribution is 0.296. The van der Waals surface area contributed by atoms with Crippen LogP contribution < -0.4 is 15.4 Å². The molecule has 2 N–H and O–H groups in total. The highest BCUT2D eigenvalue weighted by Gasteiger charge is 2.22. The zero-order chi connectivity index (χ0) is 17.6. The summed E-state index contributed by atoms with van der Waals surface area (Å²) in [4.78, 5) is 8.61. The van der Waals surface area contributed by atoms with Crippen molar-refractivity contribution in [2.75, 3.05) is 13.7 Å². The van der Waals surface area contributed by atoms with Crippen molar-refractivity contribution in [1.29, 1.82) is 0 Å². The molecule has 1 saturated carbocycles. The lowest BCUT2D eigenvalue weighted by atomic mass is 10.2. The Morgan fingerprint density at radius 3 is 2.62 bits per heavy atom. The third-order valence-corrected chi connectivity index (χ3v) is 4.29. The van der Waals surface area contributed by atoms with E-state index in [9.17, 15) is 0 Å². The quantitative estimate of drug-likeness (QED) is 0.368. The van der Waals surface area contributed by atoms with Gasteiger partial charge < -0.3 is 19.8 Å². The van der Waals surface area contributed by atoms with Crippen LogP contribution >= 0.6 is 24.0 Å². The molecular weight excluding hydrogens is 443 g/mol. The van der Waals surface area contributed by atoms with Crippen molar-refractivity contribution in [3.63, 3.8) is 0 Å². The molecule has 26 heavy (non-hydrogen) atoms. The van der Waals surface area contributed by atoms with Crippen LogP contribution in [-0.4, -0.2) is 24.6 Å². The summed E-state index contributed by atoms with van der Waals surface area (Å²) in [7, 11) is 1.75. The van der Waals surface area contributed by atoms with E-state index in [1.54, 1.807) is 7.05 Å². The second-order valence-corrected chi connectivity index (χ2v) is 6.39. The molecule has 0 amide bonds. The van der Waals surface area contributed by atoms with Crippen LogP contribution in [0.1, 0.15) is 35.7 Å². The Balaban J connectivity index is 0.00000243. The molecule has 0 bridgehead atoms. The van der Waals surface area contributed by atoms with Gasteiger partial charge in [0.15, 0.2) is 5.96 Å². The summed E-state index contributed by atoms with van der Waals surface area (Å²) in [6.45, 7) is 5.80. The van der Waals surface area contributed by atoms with Crippen molar-refractivity contribution in [3.8, 4) is 5.75 Å². The van der Waals surface area contributed by atoms with Crippen LogP contribution in [-0.2, 0) is 13.1 Å². The maximum atomic E-state index is 5.95. The number of aryl methyl sites for hydroxylation is 2. The molecule has 1 aromatic heterocycles. The summed E-state index contributed by atoms with van der Waals surface area (Å²) >= 11 is 0. The van der Waals surface area contributed by atoms with Gasteiger partial charge in [-0.3, -0.25) is 4.99 Å². The first-order valence-corrected chi connectivity index (χ1v) is 8.74. The van der Waals surface area contributed by atoms with Crippen molar-refractivity contribution in [2.45, 2.75) is 39.8 Å². The van der Waals surface area contributed by atoms with Gasteiger partial charge in [0.25, 0.3) is 0 Å². The number of nitrogens with one attached hydrogen (secondary N) is 2. The summed E-state index contributed by atoms with van der Waals surface area (Å²) < 4.78 is 11.5. The smallest absolute Gasteiger partial charge is 0.214 e. The van der Waals surface area contributed by atoms with Crippen LogP contribution in [0.5, 0.6) is 5.75 Å². The summed E-state index contributed by atoms with van der Waals surface area (Å²) in [6.07, 6.45) is 2.58. The van der Waals surface area contributed by atoms with Gasteiger partial charge in [-0.15, -0.1) is 24.0 Å². The summed E-state index contributed by atoms with van der Waals surface area (Å²) in [5.74, 6) is 3.89. The van der Waals surface area contributed by atoms with Crippen LogP contribution in [0.25, 0.3) is 0 Å². The number of aromatic nitrogens is 1. The second-order valence-electron chi connectivity index (χ2n) is 6.39. The predicted molar refractivity (Wildman–Crippen MR) is 113 cm³/mol. The molecule has 0 spiro atoms. The highest BCUT2D eigenvalue weighted by atomic mass is 127. The maximum Gasteiger partial charge on any atom is 0.214 e. The molecule has 3 rings (SSSR count). The molecule has 0 unspecified atom stereocenters. The number of oxazole rings is 1. The zero-order valence-electron chi connectivity index (χ0n) is 15.5. The Bertz CT molecular complexity index is 721. The zero-order valence-corrected chi connectivity index (χ0v) is 17.9. The van der Waals surface area contributed by atoms with E-state index < -0.39 is 0 Å². The summed E-state index contributed by atoms with van der Waals surface area (Å²) in [5.41, 5.74) is 2.04. The van der Waals surface area contributed by atoms with E-state index >= 15 is 0 Å². The van der Waals surface area contributed by atoms with Gasteiger partial charge in [0.1, 0.15) is 11.5 Å². The predicted octanol–water partition coefficient (Wildman–Crippen LogP) is 3.56. The average molecular weight is 470 g/mol. The number of hydrogen-bond donors (Lipinski definition) is 2. The summed E-state index contributed by atoms with van der Waals surface area (Å²) in [6, 6.07) is 8.12. The molecule has 0 aliphatic heterocycles. The van der Waals surface area contributed by atoms with Crippen LogP contribution in [0.2, 0.25) is 0 Å². The first kappa shape index (κ1) is 20.5. The van der Waals surface area contributed by atoms with Crippen molar-refractivity contribution in [2.24, 2.45) is 10.9 Å². The lowest BCUT2D eigenvalue weighted by Crippen LogP contribution is -2.36. The van der Waals surface area contributed by atoms with Crippen LogP contribution in [0, 0.1) is 19.8 Å². The Hall–Kier alpha value is -1.77. The molecule has 7 heteroatoms. The molecular formula is C19H27IN4O2. The topological polar surface area (TPSA) is 71.7 Å². The van der Waals surface area contributed by atoms with Crippen molar-refractivity contribution in [3.05, 3.63) is 47.2 Å². The summed E-state index contributed by atoms with van der Waals surface area (Å²) in [5, 5.41) is 6.53. The number of aliphatic imine (C=N–C) groups is 1. The van der Waals surface area contributed by atoms with Gasteiger partial charge in [-0.2, -0.15) is 0 Å². The molecule has 2 aromatic rings. The van der Waals surface area contributed by atoms with Crippen molar-refractivity contribution < 1.29 is 9.15 Å². The number of para-hydroxylation sites is 1. The Morgan fingerprint density at radius 1 is 1.23 bits per heavy atom. The lowest BCUT2D eigenvalue weighted by Gasteiger charge is -2.14. The molecule has 1 heterocycles. The molecule has 0 atom stereocenters. The van der Waals surface area contributed by atoms with Gasteiger partial charge in [0.05, 0.1) is 18.8 Å². The average Bonchev–Trinajstić information content (AvgIpc) is 3.39. The second kappa shape index (κ2) is 9.80. The van der Waals surface area contributed by atoms with E-state index in [2.05, 4.69) is 26.7 Å². The van der Waals surface area contributed by atoms with E-state index in [1.807, 2.05) is 32.0 Å². The minimum atomic E-state index is 0. The van der Waals surface area contributed by atoms with Crippen LogP contribution in [0.4, 0.5) is 0 Å². The van der Waals surface area contributed by atoms with Crippen LogP contribution in [0.3, 0.4) is 0 Å². The fourth-order valence-corrected chi connectivity index (χ4v) is 2.46. The largest absolute Gasteiger partial charge is 0.493 e. The number of guanidine groups is 1. The van der Waals surface area contributed by atoms with Crippen molar-refractivity contribution >= 4 is 29.9 Å². The number of halogens is 1. The molecule has 142 valence electrons. The maximum absolute atomic E-state index is 5.95.